The molecule has 4 heteroatoms. The van der Waals surface area contributed by atoms with Crippen LogP contribution < -0.4 is 0 Å². The maximum absolute atomic E-state index is 14.2. The average molecular weight is 312 g/mol. The first-order valence-electron chi connectivity index (χ1n) is 7.30. The van der Waals surface area contributed by atoms with Crippen LogP contribution in [0.4, 0.5) is 8.78 Å². The molecule has 116 valence electrons. The lowest BCUT2D eigenvalue weighted by Crippen LogP contribution is -2.14. The first kappa shape index (κ1) is 14.0. The van der Waals surface area contributed by atoms with Crippen molar-refractivity contribution >= 4 is 10.8 Å². The van der Waals surface area contributed by atoms with Crippen molar-refractivity contribution in [3.63, 3.8) is 0 Å². The molecule has 0 aromatic heterocycles. The van der Waals surface area contributed by atoms with E-state index in [1.807, 2.05) is 13.8 Å². The van der Waals surface area contributed by atoms with Gasteiger partial charge in [0.15, 0.2) is 0 Å². The topological polar surface area (TPSA) is 40.5 Å². The van der Waals surface area contributed by atoms with Crippen molar-refractivity contribution in [2.45, 2.75) is 19.3 Å². The van der Waals surface area contributed by atoms with Crippen LogP contribution in [0.3, 0.4) is 0 Å². The minimum atomic E-state index is -0.787. The summed E-state index contributed by atoms with van der Waals surface area (Å²) >= 11 is 0. The highest BCUT2D eigenvalue weighted by Gasteiger charge is 2.38. The number of halogens is 2. The Morgan fingerprint density at radius 2 is 1.65 bits per heavy atom. The summed E-state index contributed by atoms with van der Waals surface area (Å²) in [6, 6.07) is 8.51. The molecule has 1 aliphatic rings. The lowest BCUT2D eigenvalue weighted by molar-refractivity contribution is 0.472. The summed E-state index contributed by atoms with van der Waals surface area (Å²) in [6.45, 7) is 3.91. The van der Waals surface area contributed by atoms with Gasteiger partial charge in [-0.25, -0.2) is 8.78 Å². The molecule has 0 aliphatic heterocycles. The zero-order valence-electron chi connectivity index (χ0n) is 12.6. The third-order valence-corrected chi connectivity index (χ3v) is 4.75. The molecule has 0 saturated heterocycles. The Hall–Kier alpha value is -2.62. The Bertz CT molecular complexity index is 991. The van der Waals surface area contributed by atoms with Gasteiger partial charge in [-0.05, 0) is 51.9 Å². The fourth-order valence-electron chi connectivity index (χ4n) is 3.65. The highest BCUT2D eigenvalue weighted by Crippen LogP contribution is 2.53. The normalized spacial score (nSPS) is 14.8. The number of hydrogen-bond donors (Lipinski definition) is 2. The molecule has 2 N–H and O–H groups in total. The van der Waals surface area contributed by atoms with E-state index in [-0.39, 0.29) is 16.9 Å². The fourth-order valence-corrected chi connectivity index (χ4v) is 3.65. The van der Waals surface area contributed by atoms with E-state index < -0.39 is 17.0 Å². The lowest BCUT2D eigenvalue weighted by Gasteiger charge is -2.22. The third kappa shape index (κ3) is 1.72. The summed E-state index contributed by atoms with van der Waals surface area (Å²) in [5.74, 6) is -1.55. The molecular formula is C19H14F2O2. The van der Waals surface area contributed by atoms with Gasteiger partial charge in [-0.15, -0.1) is 0 Å². The highest BCUT2D eigenvalue weighted by atomic mass is 19.1. The van der Waals surface area contributed by atoms with E-state index in [1.165, 1.54) is 12.1 Å². The molecule has 0 heterocycles. The second-order valence-corrected chi connectivity index (χ2v) is 6.48. The minimum Gasteiger partial charge on any atom is -0.508 e. The van der Waals surface area contributed by atoms with Crippen molar-refractivity contribution in [3.8, 4) is 22.6 Å². The molecule has 0 amide bonds. The van der Waals surface area contributed by atoms with Crippen molar-refractivity contribution in [2.24, 2.45) is 0 Å². The van der Waals surface area contributed by atoms with Gasteiger partial charge in [0.2, 0.25) is 0 Å². The molecule has 4 rings (SSSR count). The van der Waals surface area contributed by atoms with Gasteiger partial charge in [-0.3, -0.25) is 0 Å². The molecule has 0 fully saturated rings. The van der Waals surface area contributed by atoms with Crippen LogP contribution in [-0.2, 0) is 5.41 Å². The van der Waals surface area contributed by atoms with Gasteiger partial charge in [0.1, 0.15) is 23.1 Å². The SMILES string of the molecule is CC1(C)c2cc(O)ccc2-c2c1cc(O)c1c(F)cc(F)cc21. The fraction of sp³-hybridized carbons (Fsp3) is 0.158. The van der Waals surface area contributed by atoms with Crippen LogP contribution in [0.2, 0.25) is 0 Å². The second kappa shape index (κ2) is 4.22. The lowest BCUT2D eigenvalue weighted by atomic mass is 9.82. The van der Waals surface area contributed by atoms with Gasteiger partial charge in [-0.1, -0.05) is 19.9 Å². The quantitative estimate of drug-likeness (QED) is 0.624. The van der Waals surface area contributed by atoms with Gasteiger partial charge >= 0.3 is 0 Å². The summed E-state index contributed by atoms with van der Waals surface area (Å²) < 4.78 is 27.9. The Morgan fingerprint density at radius 3 is 2.39 bits per heavy atom. The van der Waals surface area contributed by atoms with Crippen LogP contribution in [0.15, 0.2) is 36.4 Å². The summed E-state index contributed by atoms with van der Waals surface area (Å²) in [6.07, 6.45) is 0. The van der Waals surface area contributed by atoms with Crippen LogP contribution >= 0.6 is 0 Å². The third-order valence-electron chi connectivity index (χ3n) is 4.75. The molecule has 0 unspecified atom stereocenters. The first-order chi connectivity index (χ1) is 10.8. The Morgan fingerprint density at radius 1 is 0.913 bits per heavy atom. The molecular weight excluding hydrogens is 298 g/mol. The summed E-state index contributed by atoms with van der Waals surface area (Å²) in [5, 5.41) is 20.4. The molecule has 3 aromatic carbocycles. The van der Waals surface area contributed by atoms with Crippen LogP contribution in [-0.4, -0.2) is 10.2 Å². The number of phenolic OH excluding ortho intramolecular Hbond substituents is 2. The smallest absolute Gasteiger partial charge is 0.137 e. The molecule has 2 nitrogen and oxygen atoms in total. The number of phenols is 2. The van der Waals surface area contributed by atoms with E-state index in [0.717, 1.165) is 22.8 Å². The van der Waals surface area contributed by atoms with Gasteiger partial charge in [0, 0.05) is 11.5 Å². The zero-order valence-corrected chi connectivity index (χ0v) is 12.6. The van der Waals surface area contributed by atoms with Crippen molar-refractivity contribution in [3.05, 3.63) is 59.2 Å². The highest BCUT2D eigenvalue weighted by molar-refractivity contribution is 6.05. The van der Waals surface area contributed by atoms with Gasteiger partial charge in [0.25, 0.3) is 0 Å². The van der Waals surface area contributed by atoms with Crippen molar-refractivity contribution in [1.82, 2.24) is 0 Å². The maximum atomic E-state index is 14.2. The molecule has 3 aromatic rings. The van der Waals surface area contributed by atoms with E-state index in [4.69, 9.17) is 0 Å². The van der Waals surface area contributed by atoms with Gasteiger partial charge in [-0.2, -0.15) is 0 Å². The number of benzene rings is 3. The van der Waals surface area contributed by atoms with Crippen LogP contribution in [0.5, 0.6) is 11.5 Å². The number of aromatic hydroxyl groups is 2. The van der Waals surface area contributed by atoms with Crippen LogP contribution in [0.25, 0.3) is 21.9 Å². The van der Waals surface area contributed by atoms with Crippen LogP contribution in [0, 0.1) is 11.6 Å². The van der Waals surface area contributed by atoms with Crippen molar-refractivity contribution < 1.29 is 19.0 Å². The van der Waals surface area contributed by atoms with Gasteiger partial charge in [0.05, 0.1) is 5.39 Å². The van der Waals surface area contributed by atoms with E-state index >= 15 is 0 Å². The summed E-state index contributed by atoms with van der Waals surface area (Å²) in [7, 11) is 0. The molecule has 0 radical (unpaired) electrons. The molecule has 0 bridgehead atoms. The predicted octanol–water partition coefficient (Wildman–Crippen LogP) is 4.84. The molecule has 23 heavy (non-hydrogen) atoms. The van der Waals surface area contributed by atoms with Crippen molar-refractivity contribution in [1.29, 1.82) is 0 Å². The second-order valence-electron chi connectivity index (χ2n) is 6.48. The summed E-state index contributed by atoms with van der Waals surface area (Å²) in [4.78, 5) is 0. The van der Waals surface area contributed by atoms with Crippen molar-refractivity contribution in [2.75, 3.05) is 0 Å². The monoisotopic (exact) mass is 312 g/mol. The molecule has 0 saturated carbocycles. The van der Waals surface area contributed by atoms with Crippen LogP contribution in [0.1, 0.15) is 25.0 Å². The number of fused-ring (bicyclic) bond motifs is 5. The minimum absolute atomic E-state index is 0.0156. The Kier molecular flexibility index (Phi) is 2.57. The van der Waals surface area contributed by atoms with E-state index in [2.05, 4.69) is 0 Å². The van der Waals surface area contributed by atoms with E-state index in [0.29, 0.717) is 10.9 Å². The maximum Gasteiger partial charge on any atom is 0.137 e. The standard InChI is InChI=1S/C19H14F2O2/c1-19(2)13-7-10(22)3-4-11(13)17-12-5-9(20)6-15(21)18(12)16(23)8-14(17)19/h3-8,22-23H,1-2H3. The van der Waals surface area contributed by atoms with E-state index in [1.54, 1.807) is 18.2 Å². The molecule has 0 atom stereocenters. The Balaban J connectivity index is 2.24. The summed E-state index contributed by atoms with van der Waals surface area (Å²) in [5.41, 5.74) is 2.68. The Labute approximate surface area is 131 Å². The largest absolute Gasteiger partial charge is 0.508 e. The predicted molar refractivity (Wildman–Crippen MR) is 84.8 cm³/mol. The molecule has 0 spiro atoms. The van der Waals surface area contributed by atoms with E-state index in [9.17, 15) is 19.0 Å². The molecule has 1 aliphatic carbocycles. The number of hydrogen-bond acceptors (Lipinski definition) is 2. The van der Waals surface area contributed by atoms with Gasteiger partial charge < -0.3 is 10.2 Å². The average Bonchev–Trinajstić information content (AvgIpc) is 2.67. The zero-order chi connectivity index (χ0) is 16.5. The first-order valence-corrected chi connectivity index (χ1v) is 7.30. The number of rotatable bonds is 0.